The Hall–Kier alpha value is -2.15. The molecule has 0 aliphatic rings. The largest absolute Gasteiger partial charge is 0.447 e. The first-order valence-electron chi connectivity index (χ1n) is 5.14. The van der Waals surface area contributed by atoms with Gasteiger partial charge in [-0.1, -0.05) is 0 Å². The van der Waals surface area contributed by atoms with Crippen LogP contribution in [0.4, 0.5) is 20.6 Å². The van der Waals surface area contributed by atoms with Crippen molar-refractivity contribution >= 4 is 23.4 Å². The van der Waals surface area contributed by atoms with E-state index in [0.29, 0.717) is 5.69 Å². The Morgan fingerprint density at radius 1 is 1.39 bits per heavy atom. The predicted molar refractivity (Wildman–Crippen MR) is 62.8 cm³/mol. The molecule has 2 amide bonds. The first kappa shape index (κ1) is 13.9. The molecular formula is C11H13FN2O4. The molecule has 7 heteroatoms. The van der Waals surface area contributed by atoms with E-state index in [1.165, 1.54) is 19.1 Å². The number of rotatable bonds is 4. The minimum Gasteiger partial charge on any atom is -0.447 e. The molecule has 98 valence electrons. The maximum Gasteiger partial charge on any atom is 0.411 e. The molecule has 3 N–H and O–H groups in total. The Morgan fingerprint density at radius 3 is 2.72 bits per heavy atom. The normalized spacial score (nSPS) is 9.72. The first-order chi connectivity index (χ1) is 8.52. The summed E-state index contributed by atoms with van der Waals surface area (Å²) in [6.07, 6.45) is -0.886. The zero-order chi connectivity index (χ0) is 13.5. The van der Waals surface area contributed by atoms with E-state index in [0.717, 1.165) is 6.07 Å². The number of aliphatic hydroxyl groups excluding tert-OH is 1. The Labute approximate surface area is 103 Å². The number of carbonyl (C=O) groups is 2. The van der Waals surface area contributed by atoms with Crippen molar-refractivity contribution in [3.05, 3.63) is 24.0 Å². The fourth-order valence-corrected chi connectivity index (χ4v) is 1.19. The summed E-state index contributed by atoms with van der Waals surface area (Å²) in [5, 5.41) is 13.1. The van der Waals surface area contributed by atoms with E-state index in [9.17, 15) is 14.0 Å². The second-order valence-electron chi connectivity index (χ2n) is 3.36. The third kappa shape index (κ3) is 4.38. The molecule has 0 atom stereocenters. The van der Waals surface area contributed by atoms with Crippen LogP contribution in [0.15, 0.2) is 18.2 Å². The maximum absolute atomic E-state index is 13.4. The highest BCUT2D eigenvalue weighted by atomic mass is 19.1. The zero-order valence-electron chi connectivity index (χ0n) is 9.70. The molecule has 0 saturated carbocycles. The summed E-state index contributed by atoms with van der Waals surface area (Å²) in [6.45, 7) is 0.812. The molecule has 0 heterocycles. The number of hydrogen-bond donors (Lipinski definition) is 3. The number of ether oxygens (including phenoxy) is 1. The van der Waals surface area contributed by atoms with Gasteiger partial charge in [0.15, 0.2) is 0 Å². The number of hydrogen-bond acceptors (Lipinski definition) is 4. The van der Waals surface area contributed by atoms with Crippen LogP contribution in [-0.2, 0) is 9.53 Å². The van der Waals surface area contributed by atoms with Gasteiger partial charge in [0.05, 0.1) is 12.3 Å². The van der Waals surface area contributed by atoms with Crippen LogP contribution >= 0.6 is 0 Å². The molecule has 0 bridgehead atoms. The molecular weight excluding hydrogens is 243 g/mol. The topological polar surface area (TPSA) is 87.7 Å². The van der Waals surface area contributed by atoms with Crippen LogP contribution < -0.4 is 10.6 Å². The van der Waals surface area contributed by atoms with Crippen LogP contribution in [0.1, 0.15) is 6.92 Å². The lowest BCUT2D eigenvalue weighted by atomic mass is 10.2. The van der Waals surface area contributed by atoms with Crippen molar-refractivity contribution in [3.8, 4) is 0 Å². The highest BCUT2D eigenvalue weighted by Gasteiger charge is 2.09. The predicted octanol–water partition coefficient (Wildman–Crippen LogP) is 1.32. The Balaban J connectivity index is 2.74. The summed E-state index contributed by atoms with van der Waals surface area (Å²) in [7, 11) is 0. The monoisotopic (exact) mass is 256 g/mol. The first-order valence-corrected chi connectivity index (χ1v) is 5.14. The fraction of sp³-hybridized carbons (Fsp3) is 0.273. The van der Waals surface area contributed by atoms with Crippen LogP contribution in [0.2, 0.25) is 0 Å². The van der Waals surface area contributed by atoms with E-state index >= 15 is 0 Å². The highest BCUT2D eigenvalue weighted by molar-refractivity contribution is 5.91. The molecule has 18 heavy (non-hydrogen) atoms. The van der Waals surface area contributed by atoms with E-state index in [2.05, 4.69) is 15.4 Å². The van der Waals surface area contributed by atoms with Crippen LogP contribution in [0.25, 0.3) is 0 Å². The van der Waals surface area contributed by atoms with Crippen molar-refractivity contribution in [3.63, 3.8) is 0 Å². The van der Waals surface area contributed by atoms with Crippen molar-refractivity contribution in [1.29, 1.82) is 0 Å². The zero-order valence-corrected chi connectivity index (χ0v) is 9.70. The smallest absolute Gasteiger partial charge is 0.411 e. The van der Waals surface area contributed by atoms with Gasteiger partial charge >= 0.3 is 6.09 Å². The average Bonchev–Trinajstić information content (AvgIpc) is 2.30. The quantitative estimate of drug-likeness (QED) is 0.758. The summed E-state index contributed by atoms with van der Waals surface area (Å²) in [5.41, 5.74) is 0.227. The van der Waals surface area contributed by atoms with E-state index in [4.69, 9.17) is 5.11 Å². The molecule has 0 unspecified atom stereocenters. The second-order valence-corrected chi connectivity index (χ2v) is 3.36. The SMILES string of the molecule is CC(=O)Nc1ccc(F)c(NC(=O)OCCO)c1. The lowest BCUT2D eigenvalue weighted by Gasteiger charge is -2.09. The number of carbonyl (C=O) groups excluding carboxylic acids is 2. The Kier molecular flexibility index (Phi) is 5.06. The minimum absolute atomic E-state index is 0.121. The fourth-order valence-electron chi connectivity index (χ4n) is 1.19. The molecule has 1 rings (SSSR count). The number of benzene rings is 1. The van der Waals surface area contributed by atoms with Crippen molar-refractivity contribution in [2.75, 3.05) is 23.8 Å². The number of nitrogens with one attached hydrogen (secondary N) is 2. The van der Waals surface area contributed by atoms with Gasteiger partial charge in [-0.3, -0.25) is 10.1 Å². The molecule has 0 spiro atoms. The Morgan fingerprint density at radius 2 is 2.11 bits per heavy atom. The number of amides is 2. The molecule has 0 saturated heterocycles. The summed E-state index contributed by atoms with van der Waals surface area (Å²) in [5.74, 6) is -0.972. The standard InChI is InChI=1S/C11H13FN2O4/c1-7(16)13-8-2-3-9(12)10(6-8)14-11(17)18-5-4-15/h2-3,6,15H,4-5H2,1H3,(H,13,16)(H,14,17). The summed E-state index contributed by atoms with van der Waals surface area (Å²) >= 11 is 0. The van der Waals surface area contributed by atoms with Gasteiger partial charge in [-0.2, -0.15) is 0 Å². The van der Waals surface area contributed by atoms with Gasteiger partial charge in [0.25, 0.3) is 0 Å². The van der Waals surface area contributed by atoms with Crippen molar-refractivity contribution in [1.82, 2.24) is 0 Å². The number of aliphatic hydroxyl groups is 1. The van der Waals surface area contributed by atoms with Crippen LogP contribution in [0.5, 0.6) is 0 Å². The van der Waals surface area contributed by atoms with E-state index in [1.807, 2.05) is 0 Å². The minimum atomic E-state index is -0.886. The number of halogens is 1. The highest BCUT2D eigenvalue weighted by Crippen LogP contribution is 2.19. The van der Waals surface area contributed by atoms with Gasteiger partial charge in [0, 0.05) is 12.6 Å². The van der Waals surface area contributed by atoms with E-state index in [1.54, 1.807) is 0 Å². The summed E-state index contributed by atoms with van der Waals surface area (Å²) in [6, 6.07) is 3.73. The lowest BCUT2D eigenvalue weighted by Crippen LogP contribution is -2.17. The van der Waals surface area contributed by atoms with Gasteiger partial charge in [-0.15, -0.1) is 0 Å². The molecule has 0 radical (unpaired) electrons. The second kappa shape index (κ2) is 6.55. The van der Waals surface area contributed by atoms with Crippen LogP contribution in [0.3, 0.4) is 0 Å². The molecule has 0 fully saturated rings. The molecule has 1 aromatic carbocycles. The Bertz CT molecular complexity index is 451. The average molecular weight is 256 g/mol. The van der Waals surface area contributed by atoms with Gasteiger partial charge in [0.2, 0.25) is 5.91 Å². The van der Waals surface area contributed by atoms with Crippen LogP contribution in [0, 0.1) is 5.82 Å². The molecule has 1 aromatic rings. The maximum atomic E-state index is 13.4. The summed E-state index contributed by atoms with van der Waals surface area (Å²) in [4.78, 5) is 22.0. The molecule has 0 aromatic heterocycles. The lowest BCUT2D eigenvalue weighted by molar-refractivity contribution is -0.114. The van der Waals surface area contributed by atoms with Gasteiger partial charge in [-0.05, 0) is 18.2 Å². The van der Waals surface area contributed by atoms with Gasteiger partial charge in [0.1, 0.15) is 12.4 Å². The van der Waals surface area contributed by atoms with Crippen molar-refractivity contribution in [2.24, 2.45) is 0 Å². The van der Waals surface area contributed by atoms with Gasteiger partial charge in [-0.25, -0.2) is 9.18 Å². The van der Waals surface area contributed by atoms with Crippen molar-refractivity contribution in [2.45, 2.75) is 6.92 Å². The van der Waals surface area contributed by atoms with Gasteiger partial charge < -0.3 is 15.2 Å². The van der Waals surface area contributed by atoms with E-state index in [-0.39, 0.29) is 24.8 Å². The number of anilines is 2. The van der Waals surface area contributed by atoms with Crippen molar-refractivity contribution < 1.29 is 23.8 Å². The molecule has 0 aliphatic carbocycles. The molecule has 0 aliphatic heterocycles. The third-order valence-corrected chi connectivity index (χ3v) is 1.85. The van der Waals surface area contributed by atoms with Crippen LogP contribution in [-0.4, -0.2) is 30.3 Å². The third-order valence-electron chi connectivity index (χ3n) is 1.85. The van der Waals surface area contributed by atoms with E-state index < -0.39 is 11.9 Å². The summed E-state index contributed by atoms with van der Waals surface area (Å²) < 4.78 is 17.9. The molecule has 6 nitrogen and oxygen atoms in total.